The first-order valence-electron chi connectivity index (χ1n) is 6.87. The van der Waals surface area contributed by atoms with Crippen LogP contribution in [0.25, 0.3) is 0 Å². The topological polar surface area (TPSA) is 32.3 Å². The fourth-order valence-corrected chi connectivity index (χ4v) is 3.32. The quantitative estimate of drug-likeness (QED) is 0.840. The van der Waals surface area contributed by atoms with Crippen molar-refractivity contribution in [3.63, 3.8) is 0 Å². The lowest BCUT2D eigenvalue weighted by molar-refractivity contribution is -0.116. The molecule has 104 valence electrons. The van der Waals surface area contributed by atoms with Crippen molar-refractivity contribution in [2.24, 2.45) is 0 Å². The molecule has 19 heavy (non-hydrogen) atoms. The van der Waals surface area contributed by atoms with Crippen LogP contribution in [0.2, 0.25) is 0 Å². The average molecular weight is 278 g/mol. The summed E-state index contributed by atoms with van der Waals surface area (Å²) in [6.07, 6.45) is 4.20. The molecule has 0 spiro atoms. The van der Waals surface area contributed by atoms with E-state index >= 15 is 0 Å². The van der Waals surface area contributed by atoms with Gasteiger partial charge in [-0.25, -0.2) is 0 Å². The Morgan fingerprint density at radius 1 is 1.47 bits per heavy atom. The van der Waals surface area contributed by atoms with E-state index in [1.165, 1.54) is 17.7 Å². The van der Waals surface area contributed by atoms with Crippen LogP contribution in [-0.4, -0.2) is 30.4 Å². The number of rotatable bonds is 5. The minimum Gasteiger partial charge on any atom is -0.351 e. The number of thiophene rings is 1. The summed E-state index contributed by atoms with van der Waals surface area (Å²) in [4.78, 5) is 15.6. The second-order valence-electron chi connectivity index (χ2n) is 5.24. The Morgan fingerprint density at radius 2 is 2.21 bits per heavy atom. The molecule has 1 unspecified atom stereocenters. The monoisotopic (exact) mass is 278 g/mol. The first-order valence-corrected chi connectivity index (χ1v) is 7.75. The fraction of sp³-hybridized carbons (Fsp3) is 0.533. The van der Waals surface area contributed by atoms with Crippen molar-refractivity contribution >= 4 is 17.2 Å². The molecule has 1 aliphatic heterocycles. The van der Waals surface area contributed by atoms with E-state index in [0.29, 0.717) is 12.6 Å². The lowest BCUT2D eigenvalue weighted by Gasteiger charge is -2.26. The Balaban J connectivity index is 1.98. The van der Waals surface area contributed by atoms with Gasteiger partial charge in [0.2, 0.25) is 5.91 Å². The minimum absolute atomic E-state index is 0.0146. The third kappa shape index (κ3) is 4.18. The standard InChI is InChI=1S/C15H22N2OS/c1-12(2)10-15(18)16-11-13(14-6-5-9-19-14)17-7-3-4-8-17/h5-6,9-10,13H,3-4,7-8,11H2,1-2H3,(H,16,18). The molecule has 1 aromatic rings. The number of carbonyl (C=O) groups is 1. The molecule has 0 radical (unpaired) electrons. The maximum atomic E-state index is 11.7. The molecule has 3 nitrogen and oxygen atoms in total. The summed E-state index contributed by atoms with van der Waals surface area (Å²) in [6, 6.07) is 4.58. The van der Waals surface area contributed by atoms with Gasteiger partial charge >= 0.3 is 0 Å². The summed E-state index contributed by atoms with van der Waals surface area (Å²) < 4.78 is 0. The van der Waals surface area contributed by atoms with Gasteiger partial charge in [0.25, 0.3) is 0 Å². The molecule has 1 fully saturated rings. The van der Waals surface area contributed by atoms with E-state index in [1.807, 2.05) is 13.8 Å². The second kappa shape index (κ2) is 6.87. The van der Waals surface area contributed by atoms with Gasteiger partial charge in [-0.15, -0.1) is 11.3 Å². The number of hydrogen-bond acceptors (Lipinski definition) is 3. The van der Waals surface area contributed by atoms with Crippen LogP contribution in [-0.2, 0) is 4.79 Å². The molecule has 4 heteroatoms. The SMILES string of the molecule is CC(C)=CC(=O)NCC(c1cccs1)N1CCCC1. The average Bonchev–Trinajstić information content (AvgIpc) is 3.00. The largest absolute Gasteiger partial charge is 0.351 e. The first-order chi connectivity index (χ1) is 9.16. The molecule has 1 saturated heterocycles. The maximum Gasteiger partial charge on any atom is 0.243 e. The molecule has 0 aromatic carbocycles. The van der Waals surface area contributed by atoms with Gasteiger partial charge in [-0.3, -0.25) is 9.69 Å². The summed E-state index contributed by atoms with van der Waals surface area (Å²) in [6.45, 7) is 6.86. The smallest absolute Gasteiger partial charge is 0.243 e. The Kier molecular flexibility index (Phi) is 5.16. The molecule has 1 atom stereocenters. The Labute approximate surface area is 119 Å². The van der Waals surface area contributed by atoms with E-state index in [-0.39, 0.29) is 5.91 Å². The normalized spacial score (nSPS) is 17.2. The van der Waals surface area contributed by atoms with E-state index in [2.05, 4.69) is 27.7 Å². The highest BCUT2D eigenvalue weighted by atomic mass is 32.1. The van der Waals surface area contributed by atoms with E-state index in [4.69, 9.17) is 0 Å². The molecule has 1 N–H and O–H groups in total. The predicted molar refractivity (Wildman–Crippen MR) is 80.3 cm³/mol. The van der Waals surface area contributed by atoms with Crippen molar-refractivity contribution in [1.29, 1.82) is 0 Å². The molecule has 0 bridgehead atoms. The van der Waals surface area contributed by atoms with Crippen molar-refractivity contribution in [3.8, 4) is 0 Å². The third-order valence-electron chi connectivity index (χ3n) is 3.34. The predicted octanol–water partition coefficient (Wildman–Crippen LogP) is 2.97. The number of nitrogens with one attached hydrogen (secondary N) is 1. The van der Waals surface area contributed by atoms with Crippen molar-refractivity contribution in [1.82, 2.24) is 10.2 Å². The van der Waals surface area contributed by atoms with Crippen molar-refractivity contribution in [2.45, 2.75) is 32.7 Å². The number of amides is 1. The highest BCUT2D eigenvalue weighted by Crippen LogP contribution is 2.27. The number of nitrogens with zero attached hydrogens (tertiary/aromatic N) is 1. The van der Waals surface area contributed by atoms with E-state index in [9.17, 15) is 4.79 Å². The fourth-order valence-electron chi connectivity index (χ4n) is 2.45. The summed E-state index contributed by atoms with van der Waals surface area (Å²) in [5, 5.41) is 5.14. The van der Waals surface area contributed by atoms with Crippen molar-refractivity contribution in [3.05, 3.63) is 34.0 Å². The van der Waals surface area contributed by atoms with Gasteiger partial charge in [-0.05, 0) is 51.2 Å². The van der Waals surface area contributed by atoms with Crippen LogP contribution in [0.15, 0.2) is 29.2 Å². The Hall–Kier alpha value is -1.13. The van der Waals surface area contributed by atoms with Gasteiger partial charge in [-0.1, -0.05) is 11.6 Å². The van der Waals surface area contributed by atoms with Crippen LogP contribution in [0.3, 0.4) is 0 Å². The molecule has 2 rings (SSSR count). The van der Waals surface area contributed by atoms with Gasteiger partial charge in [0.05, 0.1) is 6.04 Å². The van der Waals surface area contributed by atoms with Crippen molar-refractivity contribution < 1.29 is 4.79 Å². The summed E-state index contributed by atoms with van der Waals surface area (Å²) >= 11 is 1.78. The molecular formula is C15H22N2OS. The third-order valence-corrected chi connectivity index (χ3v) is 4.32. The van der Waals surface area contributed by atoms with Gasteiger partial charge in [0, 0.05) is 17.5 Å². The van der Waals surface area contributed by atoms with Crippen LogP contribution in [0.4, 0.5) is 0 Å². The van der Waals surface area contributed by atoms with Gasteiger partial charge in [0.15, 0.2) is 0 Å². The highest BCUT2D eigenvalue weighted by molar-refractivity contribution is 7.10. The molecule has 2 heterocycles. The Morgan fingerprint density at radius 3 is 2.79 bits per heavy atom. The first kappa shape index (κ1) is 14.3. The zero-order valence-electron chi connectivity index (χ0n) is 11.7. The molecule has 1 aromatic heterocycles. The summed E-state index contributed by atoms with van der Waals surface area (Å²) in [5.74, 6) is 0.0146. The van der Waals surface area contributed by atoms with E-state index in [0.717, 1.165) is 18.7 Å². The van der Waals surface area contributed by atoms with Crippen LogP contribution in [0.5, 0.6) is 0 Å². The van der Waals surface area contributed by atoms with Gasteiger partial charge < -0.3 is 5.32 Å². The summed E-state index contributed by atoms with van der Waals surface area (Å²) in [7, 11) is 0. The zero-order valence-corrected chi connectivity index (χ0v) is 12.5. The zero-order chi connectivity index (χ0) is 13.7. The van der Waals surface area contributed by atoms with Crippen LogP contribution in [0, 0.1) is 0 Å². The number of carbonyl (C=O) groups excluding carboxylic acids is 1. The number of likely N-dealkylation sites (tertiary alicyclic amines) is 1. The molecule has 0 saturated carbocycles. The highest BCUT2D eigenvalue weighted by Gasteiger charge is 2.24. The molecule has 0 aliphatic carbocycles. The molecular weight excluding hydrogens is 256 g/mol. The lowest BCUT2D eigenvalue weighted by atomic mass is 10.2. The van der Waals surface area contributed by atoms with E-state index in [1.54, 1.807) is 17.4 Å². The van der Waals surface area contributed by atoms with Crippen molar-refractivity contribution in [2.75, 3.05) is 19.6 Å². The van der Waals surface area contributed by atoms with Crippen LogP contribution in [0.1, 0.15) is 37.6 Å². The summed E-state index contributed by atoms with van der Waals surface area (Å²) in [5.41, 5.74) is 1.03. The lowest BCUT2D eigenvalue weighted by Crippen LogP contribution is -2.35. The molecule has 1 amide bonds. The minimum atomic E-state index is 0.0146. The van der Waals surface area contributed by atoms with Gasteiger partial charge in [0.1, 0.15) is 0 Å². The maximum absolute atomic E-state index is 11.7. The second-order valence-corrected chi connectivity index (χ2v) is 6.22. The number of allylic oxidation sites excluding steroid dienone is 1. The van der Waals surface area contributed by atoms with Crippen LogP contribution < -0.4 is 5.32 Å². The van der Waals surface area contributed by atoms with E-state index < -0.39 is 0 Å². The number of hydrogen-bond donors (Lipinski definition) is 1. The van der Waals surface area contributed by atoms with Gasteiger partial charge in [-0.2, -0.15) is 0 Å². The Bertz CT molecular complexity index is 429. The van der Waals surface area contributed by atoms with Crippen LogP contribution >= 0.6 is 11.3 Å². The molecule has 1 aliphatic rings.